The van der Waals surface area contributed by atoms with Crippen molar-refractivity contribution in [3.05, 3.63) is 23.0 Å². The number of ether oxygens (including phenoxy) is 1. The fraction of sp³-hybridized carbons (Fsp3) is 0.400. The molecule has 0 atom stereocenters. The Morgan fingerprint density at radius 2 is 1.80 bits per heavy atom. The number of pyridine rings is 1. The Kier molecular flexibility index (Phi) is 4.44. The summed E-state index contributed by atoms with van der Waals surface area (Å²) >= 11 is 0. The van der Waals surface area contributed by atoms with E-state index in [4.69, 9.17) is 11.0 Å². The summed E-state index contributed by atoms with van der Waals surface area (Å²) in [6, 6.07) is 1.47. The average Bonchev–Trinajstić information content (AvgIpc) is 2.27. The van der Waals surface area contributed by atoms with Crippen molar-refractivity contribution in [3.63, 3.8) is 0 Å². The first kappa shape index (κ1) is 16.0. The van der Waals surface area contributed by atoms with E-state index in [1.807, 2.05) is 0 Å². The molecule has 0 aliphatic carbocycles. The summed E-state index contributed by atoms with van der Waals surface area (Å²) in [5, 5.41) is 8.53. The van der Waals surface area contributed by atoms with Crippen molar-refractivity contribution < 1.29 is 31.1 Å². The Morgan fingerprint density at radius 3 is 2.20 bits per heavy atom. The van der Waals surface area contributed by atoms with Crippen molar-refractivity contribution in [2.75, 3.05) is 0 Å². The zero-order chi connectivity index (χ0) is 15.6. The summed E-state index contributed by atoms with van der Waals surface area (Å²) < 4.78 is 78.0. The quantitative estimate of drug-likeness (QED) is 0.870. The number of nitrogens with two attached hydrogens (primary N) is 1. The molecule has 1 rings (SSSR count). The van der Waals surface area contributed by atoms with E-state index in [-0.39, 0.29) is 6.20 Å². The van der Waals surface area contributed by atoms with Gasteiger partial charge in [-0.15, -0.1) is 13.2 Å². The highest BCUT2D eigenvalue weighted by Crippen LogP contribution is 2.36. The Labute approximate surface area is 108 Å². The maximum absolute atomic E-state index is 12.7. The van der Waals surface area contributed by atoms with E-state index in [1.54, 1.807) is 0 Å². The number of rotatable bonds is 3. The third kappa shape index (κ3) is 3.74. The van der Waals surface area contributed by atoms with Crippen LogP contribution in [-0.4, -0.2) is 11.3 Å². The summed E-state index contributed by atoms with van der Waals surface area (Å²) in [6.07, 6.45) is -10.4. The lowest BCUT2D eigenvalue weighted by Crippen LogP contribution is -2.22. The van der Waals surface area contributed by atoms with Gasteiger partial charge in [0.2, 0.25) is 0 Å². The molecule has 0 unspecified atom stereocenters. The number of hydrogen-bond acceptors (Lipinski definition) is 4. The van der Waals surface area contributed by atoms with Crippen molar-refractivity contribution in [2.24, 2.45) is 5.73 Å². The summed E-state index contributed by atoms with van der Waals surface area (Å²) in [7, 11) is 0. The van der Waals surface area contributed by atoms with Gasteiger partial charge in [0.15, 0.2) is 5.75 Å². The molecule has 0 fully saturated rings. The first-order chi connectivity index (χ1) is 9.10. The molecule has 1 heterocycles. The lowest BCUT2D eigenvalue weighted by molar-refractivity contribution is -0.275. The molecule has 110 valence electrons. The van der Waals surface area contributed by atoms with Crippen LogP contribution in [0.4, 0.5) is 26.3 Å². The van der Waals surface area contributed by atoms with Crippen LogP contribution in [0.15, 0.2) is 6.20 Å². The van der Waals surface area contributed by atoms with E-state index < -0.39 is 48.1 Å². The summed E-state index contributed by atoms with van der Waals surface area (Å²) in [6.45, 7) is -0.728. The molecule has 0 radical (unpaired) electrons. The standard InChI is InChI=1S/C10H7F6N3O/c11-9(12,13)8-6(3-18)5(1-2-17)7(4-19-8)20-10(14,15)16/h4H,1,3,18H2. The highest BCUT2D eigenvalue weighted by Gasteiger charge is 2.38. The van der Waals surface area contributed by atoms with Gasteiger partial charge in [-0.1, -0.05) is 0 Å². The van der Waals surface area contributed by atoms with Crippen molar-refractivity contribution >= 4 is 0 Å². The normalized spacial score (nSPS) is 12.1. The average molecular weight is 299 g/mol. The molecule has 2 N–H and O–H groups in total. The molecule has 1 aromatic rings. The lowest BCUT2D eigenvalue weighted by atomic mass is 10.0. The lowest BCUT2D eigenvalue weighted by Gasteiger charge is -2.18. The Hall–Kier alpha value is -2.02. The van der Waals surface area contributed by atoms with Crippen LogP contribution in [0.2, 0.25) is 0 Å². The predicted molar refractivity (Wildman–Crippen MR) is 53.1 cm³/mol. The Morgan fingerprint density at radius 1 is 1.20 bits per heavy atom. The number of hydrogen-bond donors (Lipinski definition) is 1. The van der Waals surface area contributed by atoms with Crippen molar-refractivity contribution in [3.8, 4) is 11.8 Å². The first-order valence-corrected chi connectivity index (χ1v) is 5.01. The predicted octanol–water partition coefficient (Wildman–Crippen LogP) is 2.52. The van der Waals surface area contributed by atoms with Crippen LogP contribution in [0, 0.1) is 11.3 Å². The second-order valence-corrected chi connectivity index (χ2v) is 3.51. The molecule has 10 heteroatoms. The maximum Gasteiger partial charge on any atom is 0.573 e. The van der Waals surface area contributed by atoms with Crippen molar-refractivity contribution in [2.45, 2.75) is 25.5 Å². The van der Waals surface area contributed by atoms with E-state index in [0.29, 0.717) is 0 Å². The summed E-state index contributed by atoms with van der Waals surface area (Å²) in [5.41, 5.74) is 2.43. The number of halogens is 6. The second kappa shape index (κ2) is 5.54. The first-order valence-electron chi connectivity index (χ1n) is 5.01. The van der Waals surface area contributed by atoms with Gasteiger partial charge in [0.1, 0.15) is 5.69 Å². The topological polar surface area (TPSA) is 71.9 Å². The van der Waals surface area contributed by atoms with Crippen molar-refractivity contribution in [1.82, 2.24) is 4.98 Å². The van der Waals surface area contributed by atoms with Gasteiger partial charge in [0.05, 0.1) is 18.7 Å². The zero-order valence-corrected chi connectivity index (χ0v) is 9.64. The number of nitrogens with zero attached hydrogens (tertiary/aromatic N) is 2. The van der Waals surface area contributed by atoms with E-state index in [1.165, 1.54) is 6.07 Å². The molecule has 0 aromatic carbocycles. The van der Waals surface area contributed by atoms with Gasteiger partial charge in [0.25, 0.3) is 0 Å². The minimum absolute atomic E-state index is 0.280. The second-order valence-electron chi connectivity index (χ2n) is 3.51. The third-order valence-electron chi connectivity index (χ3n) is 2.21. The molecule has 0 saturated carbocycles. The van der Waals surface area contributed by atoms with Gasteiger partial charge in [-0.2, -0.15) is 18.4 Å². The molecule has 0 saturated heterocycles. The van der Waals surface area contributed by atoms with Crippen LogP contribution in [-0.2, 0) is 19.1 Å². The van der Waals surface area contributed by atoms with Crippen molar-refractivity contribution in [1.29, 1.82) is 5.26 Å². The number of nitriles is 1. The highest BCUT2D eigenvalue weighted by molar-refractivity contribution is 5.43. The molecule has 20 heavy (non-hydrogen) atoms. The zero-order valence-electron chi connectivity index (χ0n) is 9.64. The molecular weight excluding hydrogens is 292 g/mol. The molecule has 0 aliphatic rings. The molecule has 1 aromatic heterocycles. The third-order valence-corrected chi connectivity index (χ3v) is 2.21. The van der Waals surface area contributed by atoms with Gasteiger partial charge >= 0.3 is 12.5 Å². The Bertz CT molecular complexity index is 532. The van der Waals surface area contributed by atoms with E-state index in [0.717, 1.165) is 0 Å². The molecule has 0 bridgehead atoms. The fourth-order valence-electron chi connectivity index (χ4n) is 1.52. The van der Waals surface area contributed by atoms with Gasteiger partial charge in [0, 0.05) is 17.7 Å². The van der Waals surface area contributed by atoms with E-state index >= 15 is 0 Å². The van der Waals surface area contributed by atoms with Gasteiger partial charge < -0.3 is 10.5 Å². The molecule has 4 nitrogen and oxygen atoms in total. The monoisotopic (exact) mass is 299 g/mol. The van der Waals surface area contributed by atoms with Crippen LogP contribution in [0.25, 0.3) is 0 Å². The van der Waals surface area contributed by atoms with Gasteiger partial charge in [-0.05, 0) is 0 Å². The van der Waals surface area contributed by atoms with Crippen LogP contribution in [0.3, 0.4) is 0 Å². The largest absolute Gasteiger partial charge is 0.573 e. The van der Waals surface area contributed by atoms with Gasteiger partial charge in [-0.25, -0.2) is 4.98 Å². The molecule has 0 spiro atoms. The SMILES string of the molecule is N#CCc1c(OC(F)(F)F)cnc(C(F)(F)F)c1CN. The Balaban J connectivity index is 3.46. The fourth-order valence-corrected chi connectivity index (χ4v) is 1.52. The molecule has 0 amide bonds. The number of aromatic nitrogens is 1. The van der Waals surface area contributed by atoms with Crippen LogP contribution in [0.5, 0.6) is 5.75 Å². The van der Waals surface area contributed by atoms with E-state index in [9.17, 15) is 26.3 Å². The molecular formula is C10H7F6N3O. The minimum Gasteiger partial charge on any atom is -0.404 e. The van der Waals surface area contributed by atoms with Gasteiger partial charge in [-0.3, -0.25) is 0 Å². The smallest absolute Gasteiger partial charge is 0.404 e. The summed E-state index contributed by atoms with van der Waals surface area (Å²) in [5.74, 6) is -0.965. The summed E-state index contributed by atoms with van der Waals surface area (Å²) in [4.78, 5) is 2.91. The highest BCUT2D eigenvalue weighted by atomic mass is 19.4. The van der Waals surface area contributed by atoms with Crippen LogP contribution < -0.4 is 10.5 Å². The molecule has 0 aliphatic heterocycles. The van der Waals surface area contributed by atoms with Crippen LogP contribution in [0.1, 0.15) is 16.8 Å². The van der Waals surface area contributed by atoms with E-state index in [2.05, 4.69) is 9.72 Å². The van der Waals surface area contributed by atoms with Crippen LogP contribution >= 0.6 is 0 Å². The maximum atomic E-state index is 12.7. The number of alkyl halides is 6. The minimum atomic E-state index is -5.11.